The number of nitrogens with zero attached hydrogens (tertiary/aromatic N) is 1. The Kier molecular flexibility index (Phi) is 5.63. The molecule has 0 radical (unpaired) electrons. The number of carbonyl (C=O) groups excluding carboxylic acids is 2. The molecule has 168 valence electrons. The first-order valence-corrected chi connectivity index (χ1v) is 11.6. The highest BCUT2D eigenvalue weighted by molar-refractivity contribution is 5.89. The molecular weight excluding hydrogens is 397 g/mol. The molecule has 1 saturated heterocycles. The summed E-state index contributed by atoms with van der Waals surface area (Å²) in [7, 11) is 1.50. The number of benzene rings is 1. The van der Waals surface area contributed by atoms with Gasteiger partial charge in [0.2, 0.25) is 11.8 Å². The van der Waals surface area contributed by atoms with Crippen LogP contribution in [0.3, 0.4) is 0 Å². The molecule has 4 bridgehead atoms. The van der Waals surface area contributed by atoms with Gasteiger partial charge in [0.15, 0.2) is 0 Å². The van der Waals surface area contributed by atoms with Gasteiger partial charge in [-0.25, -0.2) is 4.39 Å². The molecule has 7 heteroatoms. The minimum absolute atomic E-state index is 0.0558. The number of ether oxygens (including phenoxy) is 1. The highest BCUT2D eigenvalue weighted by atomic mass is 19.1. The molecule has 5 aliphatic rings. The molecule has 4 aliphatic carbocycles. The molecule has 5 fully saturated rings. The van der Waals surface area contributed by atoms with Gasteiger partial charge in [-0.2, -0.15) is 0 Å². The van der Waals surface area contributed by atoms with Crippen molar-refractivity contribution in [1.82, 2.24) is 15.5 Å². The predicted molar refractivity (Wildman–Crippen MR) is 114 cm³/mol. The summed E-state index contributed by atoms with van der Waals surface area (Å²) in [5.41, 5.74) is 0.502. The van der Waals surface area contributed by atoms with E-state index in [1.165, 1.54) is 45.3 Å². The summed E-state index contributed by atoms with van der Waals surface area (Å²) in [5, 5.41) is 6.17. The van der Waals surface area contributed by atoms with Crippen LogP contribution in [-0.2, 0) is 16.1 Å². The lowest BCUT2D eigenvalue weighted by atomic mass is 9.54. The third-order valence-electron chi connectivity index (χ3n) is 8.01. The Bertz CT molecular complexity index is 832. The molecule has 4 saturated carbocycles. The van der Waals surface area contributed by atoms with Crippen molar-refractivity contribution in [3.05, 3.63) is 29.6 Å². The zero-order valence-electron chi connectivity index (χ0n) is 18.1. The van der Waals surface area contributed by atoms with E-state index in [2.05, 4.69) is 10.6 Å². The van der Waals surface area contributed by atoms with E-state index in [-0.39, 0.29) is 30.1 Å². The van der Waals surface area contributed by atoms with Gasteiger partial charge < -0.3 is 15.4 Å². The van der Waals surface area contributed by atoms with Crippen molar-refractivity contribution >= 4 is 11.8 Å². The second-order valence-electron chi connectivity index (χ2n) is 9.96. The van der Waals surface area contributed by atoms with Crippen LogP contribution in [0.25, 0.3) is 0 Å². The number of rotatable bonds is 6. The third kappa shape index (κ3) is 4.16. The van der Waals surface area contributed by atoms with Crippen LogP contribution >= 0.6 is 0 Å². The van der Waals surface area contributed by atoms with Crippen molar-refractivity contribution in [2.45, 2.75) is 57.2 Å². The molecule has 1 aliphatic heterocycles. The number of nitrogens with one attached hydrogen (secondary N) is 2. The zero-order valence-corrected chi connectivity index (χ0v) is 18.1. The number of amides is 2. The maximum Gasteiger partial charge on any atom is 0.237 e. The lowest BCUT2D eigenvalue weighted by Gasteiger charge is -2.54. The number of halogens is 1. The van der Waals surface area contributed by atoms with Gasteiger partial charge >= 0.3 is 0 Å². The Morgan fingerprint density at radius 2 is 1.90 bits per heavy atom. The maximum atomic E-state index is 14.5. The molecule has 0 aromatic heterocycles. The van der Waals surface area contributed by atoms with E-state index in [4.69, 9.17) is 4.74 Å². The highest BCUT2D eigenvalue weighted by Gasteiger charge is 2.48. The zero-order chi connectivity index (χ0) is 21.5. The number of carbonyl (C=O) groups is 2. The van der Waals surface area contributed by atoms with E-state index in [0.717, 1.165) is 11.8 Å². The van der Waals surface area contributed by atoms with Gasteiger partial charge in [-0.1, -0.05) is 6.07 Å². The summed E-state index contributed by atoms with van der Waals surface area (Å²) < 4.78 is 19.5. The van der Waals surface area contributed by atoms with E-state index >= 15 is 0 Å². The predicted octanol–water partition coefficient (Wildman–Crippen LogP) is 2.47. The first kappa shape index (κ1) is 20.7. The highest BCUT2D eigenvalue weighted by Crippen LogP contribution is 2.53. The van der Waals surface area contributed by atoms with Crippen LogP contribution in [0.15, 0.2) is 18.2 Å². The van der Waals surface area contributed by atoms with E-state index in [1.807, 2.05) is 4.90 Å². The van der Waals surface area contributed by atoms with Crippen LogP contribution in [0.1, 0.15) is 44.1 Å². The molecule has 1 heterocycles. The summed E-state index contributed by atoms with van der Waals surface area (Å²) in [6, 6.07) is 4.45. The summed E-state index contributed by atoms with van der Waals surface area (Å²) in [6.45, 7) is 1.39. The average molecular weight is 430 g/mol. The van der Waals surface area contributed by atoms with Gasteiger partial charge in [0.05, 0.1) is 19.6 Å². The molecule has 2 N–H and O–H groups in total. The van der Waals surface area contributed by atoms with Crippen molar-refractivity contribution in [2.24, 2.45) is 23.7 Å². The monoisotopic (exact) mass is 429 g/mol. The molecule has 6 rings (SSSR count). The second kappa shape index (κ2) is 8.41. The lowest BCUT2D eigenvalue weighted by molar-refractivity contribution is -0.135. The maximum absolute atomic E-state index is 14.5. The van der Waals surface area contributed by atoms with E-state index in [0.29, 0.717) is 42.8 Å². The van der Waals surface area contributed by atoms with E-state index in [1.54, 1.807) is 12.1 Å². The first-order valence-electron chi connectivity index (χ1n) is 11.6. The van der Waals surface area contributed by atoms with Gasteiger partial charge in [-0.3, -0.25) is 14.5 Å². The van der Waals surface area contributed by atoms with Crippen LogP contribution < -0.4 is 15.4 Å². The Morgan fingerprint density at radius 1 is 1.19 bits per heavy atom. The molecule has 2 amide bonds. The van der Waals surface area contributed by atoms with Gasteiger partial charge in [0.1, 0.15) is 11.6 Å². The summed E-state index contributed by atoms with van der Waals surface area (Å²) >= 11 is 0. The van der Waals surface area contributed by atoms with Crippen molar-refractivity contribution in [3.63, 3.8) is 0 Å². The average Bonchev–Trinajstić information content (AvgIpc) is 2.74. The minimum Gasteiger partial charge on any atom is -0.497 e. The van der Waals surface area contributed by atoms with Crippen LogP contribution in [0.4, 0.5) is 4.39 Å². The molecule has 1 unspecified atom stereocenters. The van der Waals surface area contributed by atoms with Crippen LogP contribution in [0.2, 0.25) is 0 Å². The summed E-state index contributed by atoms with van der Waals surface area (Å²) in [6.07, 6.45) is 6.46. The van der Waals surface area contributed by atoms with Crippen molar-refractivity contribution < 1.29 is 18.7 Å². The Hall–Kier alpha value is -2.15. The molecule has 1 aromatic carbocycles. The Labute approximate surface area is 182 Å². The molecular formula is C24H32FN3O3. The van der Waals surface area contributed by atoms with Gasteiger partial charge in [-0.15, -0.1) is 0 Å². The largest absolute Gasteiger partial charge is 0.497 e. The van der Waals surface area contributed by atoms with Crippen molar-refractivity contribution in [3.8, 4) is 5.75 Å². The smallest absolute Gasteiger partial charge is 0.237 e. The fraction of sp³-hybridized carbons (Fsp3) is 0.667. The van der Waals surface area contributed by atoms with Gasteiger partial charge in [0.25, 0.3) is 0 Å². The molecule has 31 heavy (non-hydrogen) atoms. The SMILES string of the molecule is COc1ccc(CN2CCNC(=O)C2CC(=O)NC2C3CC4CC(C3)CC2C4)c(F)c1. The standard InChI is InChI=1S/C24H32FN3O3/c1-31-19-3-2-16(20(25)11-19)13-28-5-4-26-24(30)21(28)12-22(29)27-23-17-7-14-6-15(9-17)10-18(23)8-14/h2-3,11,14-15,17-18,21,23H,4-10,12-13H2,1H3,(H,26,30)(H,27,29). The topological polar surface area (TPSA) is 70.7 Å². The van der Waals surface area contributed by atoms with E-state index < -0.39 is 6.04 Å². The molecule has 0 spiro atoms. The normalized spacial score (nSPS) is 34.5. The van der Waals surface area contributed by atoms with Crippen LogP contribution in [0.5, 0.6) is 5.75 Å². The minimum atomic E-state index is -0.577. The fourth-order valence-corrected chi connectivity index (χ4v) is 6.76. The number of piperazine rings is 1. The van der Waals surface area contributed by atoms with Gasteiger partial charge in [0, 0.05) is 37.3 Å². The Balaban J connectivity index is 1.24. The van der Waals surface area contributed by atoms with Crippen LogP contribution in [0, 0.1) is 29.5 Å². The third-order valence-corrected chi connectivity index (χ3v) is 8.01. The Morgan fingerprint density at radius 3 is 2.55 bits per heavy atom. The number of hydrogen-bond acceptors (Lipinski definition) is 4. The van der Waals surface area contributed by atoms with Gasteiger partial charge in [-0.05, 0) is 61.8 Å². The summed E-state index contributed by atoms with van der Waals surface area (Å²) in [5.74, 6) is 2.81. The fourth-order valence-electron chi connectivity index (χ4n) is 6.76. The number of methoxy groups -OCH3 is 1. The summed E-state index contributed by atoms with van der Waals surface area (Å²) in [4.78, 5) is 27.5. The van der Waals surface area contributed by atoms with Crippen molar-refractivity contribution in [2.75, 3.05) is 20.2 Å². The first-order chi connectivity index (χ1) is 15.0. The molecule has 6 nitrogen and oxygen atoms in total. The quantitative estimate of drug-likeness (QED) is 0.729. The second-order valence-corrected chi connectivity index (χ2v) is 9.96. The van der Waals surface area contributed by atoms with E-state index in [9.17, 15) is 14.0 Å². The molecule has 1 aromatic rings. The van der Waals surface area contributed by atoms with Crippen LogP contribution in [-0.4, -0.2) is 49.0 Å². The molecule has 1 atom stereocenters. The number of hydrogen-bond donors (Lipinski definition) is 2. The lowest BCUT2D eigenvalue weighted by Crippen LogP contribution is -2.59. The van der Waals surface area contributed by atoms with Crippen molar-refractivity contribution in [1.29, 1.82) is 0 Å².